The molecule has 0 atom stereocenters. The molecule has 7 rings (SSSR count). The van der Waals surface area contributed by atoms with Gasteiger partial charge in [-0.05, 0) is 96.2 Å². The molecule has 0 saturated carbocycles. The Hall–Kier alpha value is -8.52. The number of rotatable bonds is 13. The first-order valence-corrected chi connectivity index (χ1v) is 21.1. The van der Waals surface area contributed by atoms with Gasteiger partial charge in [-0.3, -0.25) is 14.4 Å². The maximum atomic E-state index is 13.5. The summed E-state index contributed by atoms with van der Waals surface area (Å²) in [5.74, 6) is -0.0651. The molecule has 70 heavy (non-hydrogen) atoms. The molecular formula is C45H40Cl3F2N15O5. The van der Waals surface area contributed by atoms with E-state index in [1.165, 1.54) is 52.8 Å². The number of ether oxygens (including phenoxy) is 2. The van der Waals surface area contributed by atoms with Crippen LogP contribution in [-0.2, 0) is 0 Å². The molecule has 0 aliphatic carbocycles. The Morgan fingerprint density at radius 1 is 0.586 bits per heavy atom. The average Bonchev–Trinajstić information content (AvgIpc) is 3.33. The number of amides is 3. The minimum absolute atomic E-state index is 0.000000000000000444. The number of nitriles is 1. The van der Waals surface area contributed by atoms with Gasteiger partial charge in [0.1, 0.15) is 41.0 Å². The molecule has 20 nitrogen and oxygen atoms in total. The van der Waals surface area contributed by atoms with Crippen molar-refractivity contribution in [3.8, 4) is 17.6 Å². The number of primary amides is 1. The van der Waals surface area contributed by atoms with E-state index in [1.54, 1.807) is 62.4 Å². The van der Waals surface area contributed by atoms with E-state index in [0.29, 0.717) is 68.5 Å². The van der Waals surface area contributed by atoms with E-state index in [9.17, 15) is 28.4 Å². The molecule has 0 aliphatic rings. The first kappa shape index (κ1) is 52.4. The number of aryl methyl sites for hydroxylation is 2. The highest BCUT2D eigenvalue weighted by Crippen LogP contribution is 2.35. The molecule has 0 unspecified atom stereocenters. The molecule has 3 amide bonds. The number of nitrogens with two attached hydrogens (primary N) is 1. The number of pyridine rings is 4. The molecule has 360 valence electrons. The zero-order chi connectivity index (χ0) is 51.1. The lowest BCUT2D eigenvalue weighted by molar-refractivity contribution is 0.0955. The summed E-state index contributed by atoms with van der Waals surface area (Å²) >= 11 is 16.0. The van der Waals surface area contributed by atoms with Gasteiger partial charge >= 0.3 is 0 Å². The largest absolute Gasteiger partial charge is 0.494 e. The van der Waals surface area contributed by atoms with E-state index in [0.717, 1.165) is 12.4 Å². The van der Waals surface area contributed by atoms with Crippen LogP contribution in [0.15, 0.2) is 85.5 Å². The van der Waals surface area contributed by atoms with E-state index >= 15 is 0 Å². The number of carbonyl (C=O) groups excluding carboxylic acids is 3. The van der Waals surface area contributed by atoms with E-state index in [2.05, 4.69) is 72.9 Å². The van der Waals surface area contributed by atoms with Crippen molar-refractivity contribution in [1.82, 2.24) is 45.5 Å². The molecule has 8 N–H and O–H groups in total. The van der Waals surface area contributed by atoms with Crippen molar-refractivity contribution in [1.29, 1.82) is 5.26 Å². The molecule has 25 heteroatoms. The van der Waals surface area contributed by atoms with E-state index in [1.807, 2.05) is 0 Å². The van der Waals surface area contributed by atoms with Gasteiger partial charge in [-0.25, -0.2) is 28.7 Å². The zero-order valence-corrected chi connectivity index (χ0v) is 39.9. The number of nitrogens with zero attached hydrogens (tertiary/aromatic N) is 8. The highest BCUT2D eigenvalue weighted by Gasteiger charge is 2.19. The predicted octanol–water partition coefficient (Wildman–Crippen LogP) is 8.36. The van der Waals surface area contributed by atoms with E-state index < -0.39 is 17.5 Å². The molecule has 0 radical (unpaired) electrons. The summed E-state index contributed by atoms with van der Waals surface area (Å²) in [5, 5.41) is 26.6. The van der Waals surface area contributed by atoms with E-state index in [4.69, 9.17) is 50.0 Å². The van der Waals surface area contributed by atoms with Crippen LogP contribution in [0.1, 0.15) is 47.8 Å². The van der Waals surface area contributed by atoms with Crippen LogP contribution in [0.2, 0.25) is 15.9 Å². The molecule has 5 heterocycles. The third-order valence-electron chi connectivity index (χ3n) is 9.27. The molecule has 5 aromatic heterocycles. The Labute approximate surface area is 413 Å². The van der Waals surface area contributed by atoms with Crippen LogP contribution in [0.4, 0.5) is 54.8 Å². The molecule has 0 bridgehead atoms. The van der Waals surface area contributed by atoms with Crippen molar-refractivity contribution in [3.05, 3.63) is 146 Å². The first-order valence-electron chi connectivity index (χ1n) is 20.0. The second-order valence-corrected chi connectivity index (χ2v) is 14.9. The normalized spacial score (nSPS) is 10.1. The van der Waals surface area contributed by atoms with Gasteiger partial charge in [-0.2, -0.15) is 20.2 Å². The van der Waals surface area contributed by atoms with Crippen LogP contribution in [0.25, 0.3) is 0 Å². The van der Waals surface area contributed by atoms with Crippen molar-refractivity contribution in [3.63, 3.8) is 0 Å². The minimum atomic E-state index is -0.651. The van der Waals surface area contributed by atoms with Gasteiger partial charge in [-0.1, -0.05) is 12.1 Å². The molecular weight excluding hydrogens is 975 g/mol. The third kappa shape index (κ3) is 13.8. The van der Waals surface area contributed by atoms with Gasteiger partial charge in [0, 0.05) is 38.6 Å². The van der Waals surface area contributed by atoms with Crippen molar-refractivity contribution in [2.75, 3.05) is 49.6 Å². The number of nitrogens with one attached hydrogen (secondary N) is 6. The predicted molar refractivity (Wildman–Crippen MR) is 260 cm³/mol. The number of hydrogen-bond donors (Lipinski definition) is 7. The lowest BCUT2D eigenvalue weighted by Gasteiger charge is -2.16. The lowest BCUT2D eigenvalue weighted by Crippen LogP contribution is -2.20. The number of para-hydroxylation sites is 2. The van der Waals surface area contributed by atoms with Crippen LogP contribution >= 0.6 is 34.8 Å². The summed E-state index contributed by atoms with van der Waals surface area (Å²) in [4.78, 5) is 63.2. The second-order valence-electron chi connectivity index (χ2n) is 13.9. The summed E-state index contributed by atoms with van der Waals surface area (Å²) in [5.41, 5.74) is 9.11. The Balaban J connectivity index is 0.000000221. The summed E-state index contributed by atoms with van der Waals surface area (Å²) in [6.07, 6.45) is 5.01. The average molecular weight is 1020 g/mol. The van der Waals surface area contributed by atoms with Crippen molar-refractivity contribution in [2.24, 2.45) is 5.73 Å². The molecule has 7 aromatic rings. The Bertz CT molecular complexity index is 3060. The van der Waals surface area contributed by atoms with Gasteiger partial charge in [0.2, 0.25) is 15.9 Å². The summed E-state index contributed by atoms with van der Waals surface area (Å²) in [6, 6.07) is 18.3. The van der Waals surface area contributed by atoms with Crippen molar-refractivity contribution < 1.29 is 32.6 Å². The number of benzene rings is 2. The molecule has 0 fully saturated rings. The number of hydrogen-bond acceptors (Lipinski definition) is 17. The van der Waals surface area contributed by atoms with Gasteiger partial charge in [0.15, 0.2) is 11.5 Å². The van der Waals surface area contributed by atoms with Crippen LogP contribution < -0.4 is 47.1 Å². The molecule has 2 aromatic carbocycles. The Kier molecular flexibility index (Phi) is 18.3. The monoisotopic (exact) mass is 1010 g/mol. The number of halogens is 5. The van der Waals surface area contributed by atoms with Crippen LogP contribution in [0.3, 0.4) is 0 Å². The van der Waals surface area contributed by atoms with Gasteiger partial charge in [-0.15, -0.1) is 0 Å². The van der Waals surface area contributed by atoms with E-state index in [-0.39, 0.29) is 50.1 Å². The van der Waals surface area contributed by atoms with Crippen LogP contribution in [-0.4, -0.2) is 80.9 Å². The fourth-order valence-electron chi connectivity index (χ4n) is 5.95. The summed E-state index contributed by atoms with van der Waals surface area (Å²) in [7, 11) is 5.88. The molecule has 0 saturated heterocycles. The maximum absolute atomic E-state index is 13.5. The zero-order valence-electron chi connectivity index (χ0n) is 37.7. The fourth-order valence-corrected chi connectivity index (χ4v) is 6.56. The van der Waals surface area contributed by atoms with Crippen molar-refractivity contribution >= 4 is 98.5 Å². The van der Waals surface area contributed by atoms with Crippen molar-refractivity contribution in [2.45, 2.75) is 13.8 Å². The van der Waals surface area contributed by atoms with Gasteiger partial charge in [0.05, 0.1) is 71.6 Å². The molecule has 0 aliphatic heterocycles. The Morgan fingerprint density at radius 3 is 1.37 bits per heavy atom. The fraction of sp³-hybridized carbons (Fsp3) is 0.133. The SMILES string of the molecule is CNC(=O)c1cnc(Nc2cc(C)c(F)cn2)cc1Nc1cccc(C#N)c1OC.CNC(=O)c1cnc(Nc2cc(C)c(F)cn2)cc1Nc1cccc(C(N)=O)c1OC.Clc1nc(Cl)nc(Cl)n1. The number of anilines is 8. The topological polar surface area (TPSA) is 282 Å². The van der Waals surface area contributed by atoms with Crippen LogP contribution in [0.5, 0.6) is 11.5 Å². The number of aromatic nitrogens is 7. The standard InChI is InChI=1S/C21H21FN6O3.C21H19FN6O2.C3Cl3N3/c1-11-7-17(26-10-14(11)22)28-18-8-16(13(9-25-18)21(30)24-2)27-15-6-4-5-12(20(23)29)19(15)31-3;1-12-7-18(26-11-15(12)22)28-19-8-17(14(10-25-19)21(29)24-2)27-16-6-4-5-13(9-23)20(16)30-3;4-1-7-2(5)9-3(6)8-1/h4-10H,1-3H3,(H2,23,29)(H,24,30)(H2,25,26,27,28);4-8,10-11H,1-3H3,(H,24,29)(H2,25,26,27,28);. The van der Waals surface area contributed by atoms with Crippen LogP contribution in [0, 0.1) is 36.8 Å². The quantitative estimate of drug-likeness (QED) is 0.0571. The Morgan fingerprint density at radius 2 is 0.986 bits per heavy atom. The van der Waals surface area contributed by atoms with Gasteiger partial charge in [0.25, 0.3) is 17.7 Å². The number of methoxy groups -OCH3 is 2. The summed E-state index contributed by atoms with van der Waals surface area (Å²) < 4.78 is 37.6. The lowest BCUT2D eigenvalue weighted by atomic mass is 10.1. The minimum Gasteiger partial charge on any atom is -0.494 e. The summed E-state index contributed by atoms with van der Waals surface area (Å²) in [6.45, 7) is 3.25. The highest BCUT2D eigenvalue weighted by molar-refractivity contribution is 6.33. The van der Waals surface area contributed by atoms with Gasteiger partial charge < -0.3 is 47.1 Å². The second kappa shape index (κ2) is 24.5. The number of carbonyl (C=O) groups is 3. The third-order valence-corrected chi connectivity index (χ3v) is 9.78. The molecule has 0 spiro atoms. The maximum Gasteiger partial charge on any atom is 0.254 e. The highest BCUT2D eigenvalue weighted by atomic mass is 35.5. The first-order chi connectivity index (χ1) is 33.5. The smallest absolute Gasteiger partial charge is 0.254 e.